The summed E-state index contributed by atoms with van der Waals surface area (Å²) in [7, 11) is -9.54. The van der Waals surface area contributed by atoms with Crippen molar-refractivity contribution in [2.45, 2.75) is 21.9 Å². The molecule has 2 heterocycles. The largest absolute Gasteiger partial charge is 0.508 e. The first kappa shape index (κ1) is 35.9. The molecule has 0 spiro atoms. The summed E-state index contributed by atoms with van der Waals surface area (Å²) in [5, 5.41) is 41.5. The van der Waals surface area contributed by atoms with Crippen molar-refractivity contribution in [3.63, 3.8) is 0 Å². The van der Waals surface area contributed by atoms with Gasteiger partial charge in [-0.05, 0) is 60.7 Å². The van der Waals surface area contributed by atoms with Crippen LogP contribution in [0, 0.1) is 0 Å². The predicted octanol–water partition coefficient (Wildman–Crippen LogP) is 2.03. The lowest BCUT2D eigenvalue weighted by molar-refractivity contribution is -0.140. The minimum Gasteiger partial charge on any atom is -0.508 e. The van der Waals surface area contributed by atoms with Crippen LogP contribution in [0.25, 0.3) is 0 Å². The molecule has 1 unspecified atom stereocenters. The van der Waals surface area contributed by atoms with Crippen molar-refractivity contribution in [2.75, 3.05) is 26.2 Å². The molecule has 0 amide bonds. The lowest BCUT2D eigenvalue weighted by Crippen LogP contribution is -2.43. The molecule has 0 fully saturated rings. The normalized spacial score (nSPS) is 13.3. The smallest absolute Gasteiger partial charge is 0.317 e. The van der Waals surface area contributed by atoms with Crippen LogP contribution in [0.3, 0.4) is 0 Å². The number of carboxylic acid groups (broad SMARTS) is 2. The van der Waals surface area contributed by atoms with Crippen LogP contribution in [-0.2, 0) is 29.8 Å². The monoisotopic (exact) mass is 702 g/mol. The molecule has 2 aromatic heterocycles. The van der Waals surface area contributed by atoms with Gasteiger partial charge in [0.15, 0.2) is 0 Å². The third kappa shape index (κ3) is 8.88. The number of carboxylic acids is 2. The van der Waals surface area contributed by atoms with Gasteiger partial charge in [0.05, 0.1) is 46.4 Å². The topological polar surface area (TPSA) is 256 Å². The molecule has 2 atom stereocenters. The Balaban J connectivity index is 1.87. The van der Waals surface area contributed by atoms with Gasteiger partial charge in [-0.2, -0.15) is 16.8 Å². The van der Waals surface area contributed by atoms with Gasteiger partial charge in [0, 0.05) is 36.6 Å². The highest BCUT2D eigenvalue weighted by Crippen LogP contribution is 2.37. The number of aromatic nitrogens is 2. The van der Waals surface area contributed by atoms with Crippen molar-refractivity contribution in [2.24, 2.45) is 0 Å². The van der Waals surface area contributed by atoms with E-state index < -0.39 is 78.6 Å². The second kappa shape index (κ2) is 14.8. The minimum atomic E-state index is -4.77. The maximum Gasteiger partial charge on any atom is 0.317 e. The standard InChI is InChI=1S/C30H30N4O12S2/c35-25-9-7-19(47(41,42)43)15-21(25)29(23-5-1-3-11-31-23)33(17-27(37)38)13-14-34(18-28(39)40)30(24-6-2-4-12-32-24)22-16-20(48(44,45)46)8-10-26(22)36/h1-12,15-16,29-30,35-36H,13-14,17-18H2,(H,37,38)(H,39,40)(H,41,42,43)(H,44,45,46)/t29-,30?/m0/s1. The van der Waals surface area contributed by atoms with E-state index in [0.717, 1.165) is 36.4 Å². The number of phenols is 2. The molecule has 0 saturated carbocycles. The SMILES string of the molecule is O=C(O)CN(CCN(CC(=O)O)[C@H](c1ccccn1)c1cc(S(=O)(=O)O)ccc1O)C(c1ccccn1)c1cc(S(=O)(=O)O)ccc1O. The Morgan fingerprint density at radius 1 is 0.625 bits per heavy atom. The Bertz CT molecular complexity index is 1850. The van der Waals surface area contributed by atoms with Crippen LogP contribution >= 0.6 is 0 Å². The predicted molar refractivity (Wildman–Crippen MR) is 166 cm³/mol. The Morgan fingerprint density at radius 2 is 1.00 bits per heavy atom. The number of hydrogen-bond donors (Lipinski definition) is 6. The maximum atomic E-state index is 12.2. The van der Waals surface area contributed by atoms with Crippen LogP contribution in [0.1, 0.15) is 34.6 Å². The Hall–Kier alpha value is -4.98. The molecule has 4 rings (SSSR count). The van der Waals surface area contributed by atoms with Crippen molar-refractivity contribution in [3.8, 4) is 11.5 Å². The molecule has 0 aliphatic rings. The van der Waals surface area contributed by atoms with E-state index in [1.165, 1.54) is 34.3 Å². The molecule has 0 saturated heterocycles. The summed E-state index contributed by atoms with van der Waals surface area (Å²) in [5.41, 5.74) is 0.0291. The van der Waals surface area contributed by atoms with Crippen LogP contribution < -0.4 is 0 Å². The van der Waals surface area contributed by atoms with Gasteiger partial charge in [-0.15, -0.1) is 0 Å². The zero-order chi connectivity index (χ0) is 35.2. The molecule has 254 valence electrons. The van der Waals surface area contributed by atoms with Gasteiger partial charge < -0.3 is 20.4 Å². The van der Waals surface area contributed by atoms with E-state index in [1.54, 1.807) is 24.3 Å². The first-order valence-electron chi connectivity index (χ1n) is 13.9. The molecule has 0 aliphatic heterocycles. The second-order valence-electron chi connectivity index (χ2n) is 10.4. The Kier molecular flexibility index (Phi) is 11.1. The fraction of sp³-hybridized carbons (Fsp3) is 0.200. The van der Waals surface area contributed by atoms with E-state index in [4.69, 9.17) is 0 Å². The maximum absolute atomic E-state index is 12.2. The number of aromatic hydroxyl groups is 2. The molecule has 0 aliphatic carbocycles. The number of nitrogens with zero attached hydrogens (tertiary/aromatic N) is 4. The molecule has 0 bridgehead atoms. The third-order valence-corrected chi connectivity index (χ3v) is 8.90. The van der Waals surface area contributed by atoms with Gasteiger partial charge in [0.2, 0.25) is 0 Å². The van der Waals surface area contributed by atoms with E-state index in [-0.39, 0.29) is 35.6 Å². The molecule has 16 nitrogen and oxygen atoms in total. The van der Waals surface area contributed by atoms with E-state index in [2.05, 4.69) is 9.97 Å². The van der Waals surface area contributed by atoms with E-state index in [9.17, 15) is 56.0 Å². The highest BCUT2D eigenvalue weighted by molar-refractivity contribution is 7.86. The number of benzene rings is 2. The summed E-state index contributed by atoms with van der Waals surface area (Å²) >= 11 is 0. The summed E-state index contributed by atoms with van der Waals surface area (Å²) in [6.45, 7) is -2.10. The average molecular weight is 703 g/mol. The van der Waals surface area contributed by atoms with Crippen molar-refractivity contribution < 1.29 is 56.0 Å². The quantitative estimate of drug-likeness (QED) is 0.0969. The fourth-order valence-electron chi connectivity index (χ4n) is 5.19. The number of rotatable bonds is 15. The molecular formula is C30H30N4O12S2. The van der Waals surface area contributed by atoms with Gasteiger partial charge in [-0.25, -0.2) is 0 Å². The van der Waals surface area contributed by atoms with Crippen LogP contribution in [0.2, 0.25) is 0 Å². The van der Waals surface area contributed by atoms with Gasteiger partial charge >= 0.3 is 11.9 Å². The molecule has 2 aromatic carbocycles. The highest BCUT2D eigenvalue weighted by Gasteiger charge is 2.33. The molecule has 6 N–H and O–H groups in total. The molecule has 0 radical (unpaired) electrons. The number of carbonyl (C=O) groups is 2. The number of pyridine rings is 2. The van der Waals surface area contributed by atoms with E-state index >= 15 is 0 Å². The van der Waals surface area contributed by atoms with Gasteiger partial charge in [0.1, 0.15) is 11.5 Å². The molecule has 4 aromatic rings. The van der Waals surface area contributed by atoms with Crippen LogP contribution in [0.15, 0.2) is 95.0 Å². The van der Waals surface area contributed by atoms with E-state index in [1.807, 2.05) is 0 Å². The number of hydrogen-bond acceptors (Lipinski definition) is 12. The third-order valence-electron chi connectivity index (χ3n) is 7.20. The number of phenolic OH excluding ortho intramolecular Hbond substituents is 2. The van der Waals surface area contributed by atoms with Crippen molar-refractivity contribution in [3.05, 3.63) is 108 Å². The van der Waals surface area contributed by atoms with Crippen LogP contribution in [0.4, 0.5) is 0 Å². The zero-order valence-electron chi connectivity index (χ0n) is 24.8. The first-order valence-corrected chi connectivity index (χ1v) is 16.8. The molecule has 48 heavy (non-hydrogen) atoms. The van der Waals surface area contributed by atoms with Crippen molar-refractivity contribution >= 4 is 32.2 Å². The second-order valence-corrected chi connectivity index (χ2v) is 13.3. The number of aliphatic carboxylic acids is 2. The first-order chi connectivity index (χ1) is 22.6. The zero-order valence-corrected chi connectivity index (χ0v) is 26.4. The average Bonchev–Trinajstić information content (AvgIpc) is 3.01. The summed E-state index contributed by atoms with van der Waals surface area (Å²) in [6.07, 6.45) is 2.76. The van der Waals surface area contributed by atoms with E-state index in [0.29, 0.717) is 0 Å². The summed E-state index contributed by atoms with van der Waals surface area (Å²) < 4.78 is 67.3. The van der Waals surface area contributed by atoms with Gasteiger partial charge in [-0.1, -0.05) is 12.1 Å². The fourth-order valence-corrected chi connectivity index (χ4v) is 6.22. The summed E-state index contributed by atoms with van der Waals surface area (Å²) in [5.74, 6) is -3.64. The lowest BCUT2D eigenvalue weighted by Gasteiger charge is -2.35. The van der Waals surface area contributed by atoms with Gasteiger partial charge in [-0.3, -0.25) is 38.5 Å². The Labute approximate surface area is 274 Å². The van der Waals surface area contributed by atoms with Crippen molar-refractivity contribution in [1.29, 1.82) is 0 Å². The van der Waals surface area contributed by atoms with Crippen LogP contribution in [0.5, 0.6) is 11.5 Å². The molecule has 18 heteroatoms. The Morgan fingerprint density at radius 3 is 1.29 bits per heavy atom. The molecular weight excluding hydrogens is 672 g/mol. The summed E-state index contributed by atoms with van der Waals surface area (Å²) in [4.78, 5) is 34.3. The lowest BCUT2D eigenvalue weighted by atomic mass is 9.98. The minimum absolute atomic E-state index is 0.144. The van der Waals surface area contributed by atoms with Gasteiger partial charge in [0.25, 0.3) is 20.2 Å². The highest BCUT2D eigenvalue weighted by atomic mass is 32.2. The van der Waals surface area contributed by atoms with Crippen molar-refractivity contribution in [1.82, 2.24) is 19.8 Å². The van der Waals surface area contributed by atoms with Crippen LogP contribution in [-0.4, -0.2) is 104 Å². The summed E-state index contributed by atoms with van der Waals surface area (Å²) in [6, 6.07) is 12.5.